The molecule has 3 N–H and O–H groups in total. The first-order chi connectivity index (χ1) is 9.35. The Morgan fingerprint density at radius 1 is 1.00 bits per heavy atom. The van der Waals surface area contributed by atoms with Crippen LogP contribution >= 0.6 is 12.4 Å². The first-order valence-corrected chi connectivity index (χ1v) is 5.75. The molecule has 0 heterocycles. The lowest BCUT2D eigenvalue weighted by atomic mass is 9.99. The number of hydrogen-bond acceptors (Lipinski definition) is 3. The number of rotatable bonds is 3. The van der Waals surface area contributed by atoms with Gasteiger partial charge in [-0.3, -0.25) is 0 Å². The van der Waals surface area contributed by atoms with Crippen molar-refractivity contribution < 1.29 is 23.0 Å². The van der Waals surface area contributed by atoms with Crippen LogP contribution < -0.4 is 10.5 Å². The number of aromatic hydroxyl groups is 1. The van der Waals surface area contributed by atoms with Crippen LogP contribution in [0.25, 0.3) is 0 Å². The highest BCUT2D eigenvalue weighted by atomic mass is 35.5. The molecule has 0 saturated carbocycles. The fraction of sp³-hybridized carbons (Fsp3) is 0.143. The van der Waals surface area contributed by atoms with Gasteiger partial charge in [0.25, 0.3) is 0 Å². The minimum Gasteiger partial charge on any atom is -0.508 e. The van der Waals surface area contributed by atoms with Gasteiger partial charge in [0.15, 0.2) is 0 Å². The average Bonchev–Trinajstić information content (AvgIpc) is 2.37. The number of halogens is 4. The summed E-state index contributed by atoms with van der Waals surface area (Å²) in [5, 5.41) is 9.38. The lowest BCUT2D eigenvalue weighted by Gasteiger charge is -2.14. The average molecular weight is 320 g/mol. The monoisotopic (exact) mass is 319 g/mol. The summed E-state index contributed by atoms with van der Waals surface area (Å²) in [6.45, 7) is 0. The van der Waals surface area contributed by atoms with Gasteiger partial charge in [-0.05, 0) is 35.4 Å². The second-order valence-electron chi connectivity index (χ2n) is 4.19. The van der Waals surface area contributed by atoms with Crippen molar-refractivity contribution in [2.45, 2.75) is 12.4 Å². The van der Waals surface area contributed by atoms with E-state index in [1.54, 1.807) is 12.1 Å². The van der Waals surface area contributed by atoms with Crippen molar-refractivity contribution in [3.05, 3.63) is 59.7 Å². The Morgan fingerprint density at radius 2 is 1.62 bits per heavy atom. The minimum atomic E-state index is -4.71. The molecule has 3 nitrogen and oxygen atoms in total. The molecular formula is C14H13ClF3NO2. The van der Waals surface area contributed by atoms with E-state index in [-0.39, 0.29) is 23.9 Å². The van der Waals surface area contributed by atoms with E-state index < -0.39 is 12.4 Å². The fourth-order valence-electron chi connectivity index (χ4n) is 1.79. The van der Waals surface area contributed by atoms with Gasteiger partial charge in [0.2, 0.25) is 0 Å². The van der Waals surface area contributed by atoms with Gasteiger partial charge in [-0.2, -0.15) is 0 Å². The minimum absolute atomic E-state index is 0. The highest BCUT2D eigenvalue weighted by molar-refractivity contribution is 5.85. The van der Waals surface area contributed by atoms with Crippen molar-refractivity contribution in [1.29, 1.82) is 0 Å². The molecule has 0 aliphatic heterocycles. The van der Waals surface area contributed by atoms with Crippen LogP contribution in [0.2, 0.25) is 0 Å². The molecule has 0 spiro atoms. The van der Waals surface area contributed by atoms with Crippen LogP contribution in [0.5, 0.6) is 11.5 Å². The van der Waals surface area contributed by atoms with Gasteiger partial charge < -0.3 is 15.6 Å². The predicted molar refractivity (Wildman–Crippen MR) is 74.5 cm³/mol. The molecule has 0 unspecified atom stereocenters. The molecular weight excluding hydrogens is 307 g/mol. The maximum Gasteiger partial charge on any atom is 0.573 e. The summed E-state index contributed by atoms with van der Waals surface area (Å²) in [6, 6.07) is 11.2. The summed E-state index contributed by atoms with van der Waals surface area (Å²) >= 11 is 0. The van der Waals surface area contributed by atoms with Crippen LogP contribution in [0.3, 0.4) is 0 Å². The molecule has 0 amide bonds. The molecule has 1 atom stereocenters. The number of hydrogen-bond donors (Lipinski definition) is 2. The SMILES string of the molecule is Cl.N[C@H](c1ccc(OC(F)(F)F)cc1)c1cccc(O)c1. The van der Waals surface area contributed by atoms with Crippen molar-refractivity contribution in [1.82, 2.24) is 0 Å². The van der Waals surface area contributed by atoms with Crippen molar-refractivity contribution in [3.63, 3.8) is 0 Å². The van der Waals surface area contributed by atoms with E-state index in [1.165, 1.54) is 36.4 Å². The molecule has 2 aromatic carbocycles. The standard InChI is InChI=1S/C14H12F3NO2.ClH/c15-14(16,17)20-12-6-4-9(5-7-12)13(18)10-2-1-3-11(19)8-10;/h1-8,13,19H,18H2;1H/t13-;/m1./s1. The largest absolute Gasteiger partial charge is 0.573 e. The van der Waals surface area contributed by atoms with Gasteiger partial charge in [-0.1, -0.05) is 24.3 Å². The molecule has 0 radical (unpaired) electrons. The zero-order valence-electron chi connectivity index (χ0n) is 10.7. The van der Waals surface area contributed by atoms with Gasteiger partial charge in [-0.15, -0.1) is 25.6 Å². The Labute approximate surface area is 125 Å². The second kappa shape index (κ2) is 6.69. The molecule has 0 bridgehead atoms. The summed E-state index contributed by atoms with van der Waals surface area (Å²) < 4.78 is 39.9. The van der Waals surface area contributed by atoms with Gasteiger partial charge in [0, 0.05) is 0 Å². The molecule has 21 heavy (non-hydrogen) atoms. The van der Waals surface area contributed by atoms with Gasteiger partial charge in [0.1, 0.15) is 11.5 Å². The highest BCUT2D eigenvalue weighted by Crippen LogP contribution is 2.27. The van der Waals surface area contributed by atoms with Gasteiger partial charge in [-0.25, -0.2) is 0 Å². The highest BCUT2D eigenvalue weighted by Gasteiger charge is 2.31. The smallest absolute Gasteiger partial charge is 0.508 e. The van der Waals surface area contributed by atoms with Crippen molar-refractivity contribution >= 4 is 12.4 Å². The maximum absolute atomic E-state index is 12.0. The number of benzene rings is 2. The molecule has 0 aliphatic rings. The third kappa shape index (κ3) is 4.84. The molecule has 0 aliphatic carbocycles. The Morgan fingerprint density at radius 3 is 2.14 bits per heavy atom. The first kappa shape index (κ1) is 17.1. The normalized spacial score (nSPS) is 12.4. The summed E-state index contributed by atoms with van der Waals surface area (Å²) in [5.41, 5.74) is 7.27. The van der Waals surface area contributed by atoms with Crippen molar-refractivity contribution in [2.24, 2.45) is 5.73 Å². The third-order valence-corrected chi connectivity index (χ3v) is 2.70. The summed E-state index contributed by atoms with van der Waals surface area (Å²) in [6.07, 6.45) is -4.71. The summed E-state index contributed by atoms with van der Waals surface area (Å²) in [7, 11) is 0. The number of ether oxygens (including phenoxy) is 1. The van der Waals surface area contributed by atoms with E-state index in [9.17, 15) is 18.3 Å². The van der Waals surface area contributed by atoms with E-state index >= 15 is 0 Å². The Hall–Kier alpha value is -1.92. The van der Waals surface area contributed by atoms with Crippen molar-refractivity contribution in [3.8, 4) is 11.5 Å². The Kier molecular flexibility index (Phi) is 5.46. The third-order valence-electron chi connectivity index (χ3n) is 2.70. The fourth-order valence-corrected chi connectivity index (χ4v) is 1.79. The molecule has 2 aromatic rings. The lowest BCUT2D eigenvalue weighted by molar-refractivity contribution is -0.274. The van der Waals surface area contributed by atoms with Gasteiger partial charge >= 0.3 is 6.36 Å². The second-order valence-corrected chi connectivity index (χ2v) is 4.19. The molecule has 0 aromatic heterocycles. The van der Waals surface area contributed by atoms with Crippen LogP contribution in [0.4, 0.5) is 13.2 Å². The Balaban J connectivity index is 0.00000220. The number of alkyl halides is 3. The summed E-state index contributed by atoms with van der Waals surface area (Å²) in [5.74, 6) is -0.223. The van der Waals surface area contributed by atoms with E-state index in [4.69, 9.17) is 5.73 Å². The topological polar surface area (TPSA) is 55.5 Å². The zero-order valence-corrected chi connectivity index (χ0v) is 11.5. The van der Waals surface area contributed by atoms with Crippen LogP contribution in [0.1, 0.15) is 17.2 Å². The van der Waals surface area contributed by atoms with E-state index in [1.807, 2.05) is 0 Å². The molecule has 114 valence electrons. The molecule has 7 heteroatoms. The van der Waals surface area contributed by atoms with E-state index in [0.717, 1.165) is 0 Å². The van der Waals surface area contributed by atoms with Crippen LogP contribution in [-0.2, 0) is 0 Å². The lowest BCUT2D eigenvalue weighted by Crippen LogP contribution is -2.17. The Bertz CT molecular complexity index is 588. The van der Waals surface area contributed by atoms with Crippen LogP contribution in [-0.4, -0.2) is 11.5 Å². The molecule has 2 rings (SSSR count). The van der Waals surface area contributed by atoms with E-state index in [2.05, 4.69) is 4.74 Å². The summed E-state index contributed by atoms with van der Waals surface area (Å²) in [4.78, 5) is 0. The van der Waals surface area contributed by atoms with Gasteiger partial charge in [0.05, 0.1) is 6.04 Å². The number of phenols is 1. The quantitative estimate of drug-likeness (QED) is 0.905. The predicted octanol–water partition coefficient (Wildman–Crippen LogP) is 3.76. The van der Waals surface area contributed by atoms with Crippen LogP contribution in [0.15, 0.2) is 48.5 Å². The maximum atomic E-state index is 12.0. The first-order valence-electron chi connectivity index (χ1n) is 5.75. The van der Waals surface area contributed by atoms with E-state index in [0.29, 0.717) is 11.1 Å². The zero-order chi connectivity index (χ0) is 14.8. The number of phenolic OH excluding ortho intramolecular Hbond substituents is 1. The molecule has 0 fully saturated rings. The number of nitrogens with two attached hydrogens (primary N) is 1. The molecule has 0 saturated heterocycles. The van der Waals surface area contributed by atoms with Crippen LogP contribution in [0, 0.1) is 0 Å². The van der Waals surface area contributed by atoms with Crippen molar-refractivity contribution in [2.75, 3.05) is 0 Å².